The first-order valence-corrected chi connectivity index (χ1v) is 6.52. The van der Waals surface area contributed by atoms with Crippen molar-refractivity contribution in [2.24, 2.45) is 5.92 Å². The van der Waals surface area contributed by atoms with Gasteiger partial charge in [0.15, 0.2) is 0 Å². The smallest absolute Gasteiger partial charge is 0.0589 e. The molecule has 0 bridgehead atoms. The van der Waals surface area contributed by atoms with E-state index in [2.05, 4.69) is 18.1 Å². The zero-order valence-corrected chi connectivity index (χ0v) is 9.52. The first kappa shape index (κ1) is 11.3. The molecule has 1 aliphatic rings. The molecule has 2 unspecified atom stereocenters. The van der Waals surface area contributed by atoms with Crippen LogP contribution in [0.1, 0.15) is 19.8 Å². The molecule has 0 spiro atoms. The van der Waals surface area contributed by atoms with Gasteiger partial charge in [0.1, 0.15) is 0 Å². The van der Waals surface area contributed by atoms with Gasteiger partial charge in [-0.25, -0.2) is 0 Å². The molecule has 0 aromatic rings. The summed E-state index contributed by atoms with van der Waals surface area (Å²) in [4.78, 5) is 2.45. The third kappa shape index (κ3) is 3.15. The van der Waals surface area contributed by atoms with Crippen molar-refractivity contribution in [2.75, 3.05) is 31.7 Å². The van der Waals surface area contributed by atoms with Gasteiger partial charge in [-0.3, -0.25) is 4.90 Å². The highest BCUT2D eigenvalue weighted by Gasteiger charge is 2.29. The molecule has 1 saturated heterocycles. The van der Waals surface area contributed by atoms with Crippen LogP contribution in [0.4, 0.5) is 0 Å². The monoisotopic (exact) mass is 203 g/mol. The number of aliphatic hydroxyl groups excluding tert-OH is 1. The number of nitrogens with zero attached hydrogens (tertiary/aromatic N) is 1. The van der Waals surface area contributed by atoms with Crippen LogP contribution in [0.5, 0.6) is 0 Å². The Hall–Kier alpha value is 0.270. The van der Waals surface area contributed by atoms with Crippen molar-refractivity contribution in [2.45, 2.75) is 25.8 Å². The molecule has 0 radical (unpaired) electrons. The Balaban J connectivity index is 2.24. The Labute approximate surface area is 85.7 Å². The summed E-state index contributed by atoms with van der Waals surface area (Å²) in [6, 6.07) is 0.432. The van der Waals surface area contributed by atoms with E-state index in [1.807, 2.05) is 11.8 Å². The van der Waals surface area contributed by atoms with Crippen molar-refractivity contribution in [3.05, 3.63) is 0 Å². The lowest BCUT2D eigenvalue weighted by atomic mass is 10.0. The third-order valence-corrected chi connectivity index (χ3v) is 3.68. The van der Waals surface area contributed by atoms with Gasteiger partial charge in [-0.05, 0) is 43.9 Å². The van der Waals surface area contributed by atoms with E-state index in [1.165, 1.54) is 25.1 Å². The second-order valence-corrected chi connectivity index (χ2v) is 4.88. The lowest BCUT2D eigenvalue weighted by Gasteiger charge is -2.24. The standard InChI is InChI=1S/C10H21NOS/c1-9-4-6-11(10(9)8-12)5-3-7-13-2/h9-10,12H,3-8H2,1-2H3. The number of hydrogen-bond acceptors (Lipinski definition) is 3. The van der Waals surface area contributed by atoms with Crippen LogP contribution in [0.15, 0.2) is 0 Å². The zero-order valence-electron chi connectivity index (χ0n) is 8.70. The molecule has 13 heavy (non-hydrogen) atoms. The molecule has 0 saturated carbocycles. The number of aliphatic hydroxyl groups is 1. The summed E-state index contributed by atoms with van der Waals surface area (Å²) in [5.41, 5.74) is 0. The van der Waals surface area contributed by atoms with E-state index >= 15 is 0 Å². The summed E-state index contributed by atoms with van der Waals surface area (Å²) in [6.07, 6.45) is 4.66. The average Bonchev–Trinajstić information content (AvgIpc) is 2.47. The Morgan fingerprint density at radius 3 is 2.92 bits per heavy atom. The average molecular weight is 203 g/mol. The van der Waals surface area contributed by atoms with E-state index in [9.17, 15) is 5.11 Å². The SMILES string of the molecule is CSCCCN1CCC(C)C1CO. The molecular weight excluding hydrogens is 182 g/mol. The van der Waals surface area contributed by atoms with Gasteiger partial charge in [0.25, 0.3) is 0 Å². The molecule has 0 aromatic heterocycles. The fourth-order valence-electron chi connectivity index (χ4n) is 2.07. The fourth-order valence-corrected chi connectivity index (χ4v) is 2.49. The number of hydrogen-bond donors (Lipinski definition) is 1. The van der Waals surface area contributed by atoms with Gasteiger partial charge in [-0.15, -0.1) is 0 Å². The quantitative estimate of drug-likeness (QED) is 0.684. The van der Waals surface area contributed by atoms with Crippen molar-refractivity contribution in [3.8, 4) is 0 Å². The predicted octanol–water partition coefficient (Wildman–Crippen LogP) is 1.44. The third-order valence-electron chi connectivity index (χ3n) is 2.98. The molecular formula is C10H21NOS. The Bertz CT molecular complexity index is 143. The van der Waals surface area contributed by atoms with Crippen LogP contribution in [0.2, 0.25) is 0 Å². The summed E-state index contributed by atoms with van der Waals surface area (Å²) in [6.45, 7) is 4.92. The summed E-state index contributed by atoms with van der Waals surface area (Å²) < 4.78 is 0. The molecule has 3 heteroatoms. The molecule has 1 rings (SSSR count). The molecule has 1 N–H and O–H groups in total. The Morgan fingerprint density at radius 2 is 2.31 bits per heavy atom. The molecule has 0 aliphatic carbocycles. The van der Waals surface area contributed by atoms with E-state index < -0.39 is 0 Å². The minimum Gasteiger partial charge on any atom is -0.395 e. The van der Waals surface area contributed by atoms with E-state index in [-0.39, 0.29) is 0 Å². The van der Waals surface area contributed by atoms with Crippen molar-refractivity contribution in [1.82, 2.24) is 4.90 Å². The van der Waals surface area contributed by atoms with Crippen molar-refractivity contribution >= 4 is 11.8 Å². The lowest BCUT2D eigenvalue weighted by molar-refractivity contribution is 0.140. The lowest BCUT2D eigenvalue weighted by Crippen LogP contribution is -2.36. The molecule has 0 amide bonds. The van der Waals surface area contributed by atoms with Crippen LogP contribution in [-0.4, -0.2) is 47.8 Å². The second-order valence-electron chi connectivity index (χ2n) is 3.90. The minimum absolute atomic E-state index is 0.334. The van der Waals surface area contributed by atoms with Gasteiger partial charge in [0, 0.05) is 6.04 Å². The van der Waals surface area contributed by atoms with E-state index in [0.29, 0.717) is 18.6 Å². The highest BCUT2D eigenvalue weighted by Crippen LogP contribution is 2.23. The van der Waals surface area contributed by atoms with E-state index in [0.717, 1.165) is 6.54 Å². The maximum atomic E-state index is 9.22. The van der Waals surface area contributed by atoms with Gasteiger partial charge in [0.2, 0.25) is 0 Å². The molecule has 0 aromatic carbocycles. The van der Waals surface area contributed by atoms with Gasteiger partial charge in [-0.2, -0.15) is 11.8 Å². The highest BCUT2D eigenvalue weighted by molar-refractivity contribution is 7.98. The normalized spacial score (nSPS) is 29.8. The van der Waals surface area contributed by atoms with E-state index in [4.69, 9.17) is 0 Å². The topological polar surface area (TPSA) is 23.5 Å². The van der Waals surface area contributed by atoms with Gasteiger partial charge < -0.3 is 5.11 Å². The molecule has 1 heterocycles. The summed E-state index contributed by atoms with van der Waals surface area (Å²) >= 11 is 1.91. The van der Waals surface area contributed by atoms with Crippen molar-refractivity contribution in [3.63, 3.8) is 0 Å². The number of likely N-dealkylation sites (tertiary alicyclic amines) is 1. The summed E-state index contributed by atoms with van der Waals surface area (Å²) in [7, 11) is 0. The second kappa shape index (κ2) is 5.89. The first-order chi connectivity index (χ1) is 6.29. The molecule has 78 valence electrons. The molecule has 2 atom stereocenters. The number of thioether (sulfide) groups is 1. The van der Waals surface area contributed by atoms with Gasteiger partial charge in [0.05, 0.1) is 6.61 Å². The maximum absolute atomic E-state index is 9.22. The van der Waals surface area contributed by atoms with Gasteiger partial charge in [-0.1, -0.05) is 6.92 Å². The molecule has 2 nitrogen and oxygen atoms in total. The summed E-state index contributed by atoms with van der Waals surface area (Å²) in [5.74, 6) is 1.92. The Kier molecular flexibility index (Phi) is 5.14. The minimum atomic E-state index is 0.334. The predicted molar refractivity (Wildman–Crippen MR) is 59.2 cm³/mol. The summed E-state index contributed by atoms with van der Waals surface area (Å²) in [5, 5.41) is 9.22. The van der Waals surface area contributed by atoms with Crippen molar-refractivity contribution < 1.29 is 5.11 Å². The van der Waals surface area contributed by atoms with E-state index in [1.54, 1.807) is 0 Å². The zero-order chi connectivity index (χ0) is 9.68. The largest absolute Gasteiger partial charge is 0.395 e. The number of rotatable bonds is 5. The van der Waals surface area contributed by atoms with Crippen LogP contribution in [0.25, 0.3) is 0 Å². The molecule has 1 fully saturated rings. The van der Waals surface area contributed by atoms with Crippen LogP contribution < -0.4 is 0 Å². The van der Waals surface area contributed by atoms with Crippen LogP contribution >= 0.6 is 11.8 Å². The molecule has 1 aliphatic heterocycles. The highest BCUT2D eigenvalue weighted by atomic mass is 32.2. The van der Waals surface area contributed by atoms with Crippen LogP contribution in [-0.2, 0) is 0 Å². The Morgan fingerprint density at radius 1 is 1.54 bits per heavy atom. The maximum Gasteiger partial charge on any atom is 0.0589 e. The van der Waals surface area contributed by atoms with Crippen LogP contribution in [0.3, 0.4) is 0 Å². The fraction of sp³-hybridized carbons (Fsp3) is 1.00. The van der Waals surface area contributed by atoms with Crippen LogP contribution in [0, 0.1) is 5.92 Å². The van der Waals surface area contributed by atoms with Crippen molar-refractivity contribution in [1.29, 1.82) is 0 Å². The first-order valence-electron chi connectivity index (χ1n) is 5.13. The van der Waals surface area contributed by atoms with Gasteiger partial charge >= 0.3 is 0 Å².